The van der Waals surface area contributed by atoms with Crippen molar-refractivity contribution in [2.75, 3.05) is 18.1 Å². The molecule has 0 radical (unpaired) electrons. The van der Waals surface area contributed by atoms with Crippen molar-refractivity contribution in [1.29, 1.82) is 0 Å². The van der Waals surface area contributed by atoms with Crippen LogP contribution in [0.2, 0.25) is 0 Å². The first kappa shape index (κ1) is 15.5. The number of nitrogens with one attached hydrogen (secondary N) is 1. The normalized spacial score (nSPS) is 22.6. The van der Waals surface area contributed by atoms with Gasteiger partial charge in [-0.05, 0) is 47.6 Å². The standard InChI is InChI=1S/C17H19FN2OS/c18-15-3-1-13(2-4-15)16(14-5-8-19-9-6-14)20-11-17(21)7-10-22-12-17/h1-6,8-9,16,20-21H,7,10-12H2/t16-,17+/m0/s1. The molecule has 2 atom stereocenters. The third kappa shape index (κ3) is 3.66. The molecule has 1 aliphatic rings. The summed E-state index contributed by atoms with van der Waals surface area (Å²) >= 11 is 1.78. The zero-order chi connectivity index (χ0) is 15.4. The predicted molar refractivity (Wildman–Crippen MR) is 87.4 cm³/mol. The lowest BCUT2D eigenvalue weighted by atomic mass is 9.97. The monoisotopic (exact) mass is 318 g/mol. The van der Waals surface area contributed by atoms with Crippen LogP contribution in [0.15, 0.2) is 48.8 Å². The minimum absolute atomic E-state index is 0.0850. The summed E-state index contributed by atoms with van der Waals surface area (Å²) in [6.07, 6.45) is 4.29. The second kappa shape index (κ2) is 6.77. The van der Waals surface area contributed by atoms with Gasteiger partial charge in [0.15, 0.2) is 0 Å². The highest BCUT2D eigenvalue weighted by Crippen LogP contribution is 2.29. The molecule has 1 aromatic heterocycles. The maximum absolute atomic E-state index is 13.2. The van der Waals surface area contributed by atoms with Gasteiger partial charge >= 0.3 is 0 Å². The molecule has 0 saturated carbocycles. The Kier molecular flexibility index (Phi) is 4.76. The van der Waals surface area contributed by atoms with Gasteiger partial charge in [-0.3, -0.25) is 4.98 Å². The molecule has 1 saturated heterocycles. The van der Waals surface area contributed by atoms with Gasteiger partial charge in [0.25, 0.3) is 0 Å². The Morgan fingerprint density at radius 1 is 1.18 bits per heavy atom. The first-order valence-electron chi connectivity index (χ1n) is 7.35. The molecule has 3 nitrogen and oxygen atoms in total. The Bertz CT molecular complexity index is 600. The summed E-state index contributed by atoms with van der Waals surface area (Å²) in [4.78, 5) is 4.05. The van der Waals surface area contributed by atoms with E-state index in [1.54, 1.807) is 36.3 Å². The summed E-state index contributed by atoms with van der Waals surface area (Å²) in [6, 6.07) is 10.3. The fourth-order valence-electron chi connectivity index (χ4n) is 2.67. The quantitative estimate of drug-likeness (QED) is 0.890. The van der Waals surface area contributed by atoms with Gasteiger partial charge in [-0.1, -0.05) is 12.1 Å². The highest BCUT2D eigenvalue weighted by atomic mass is 32.2. The molecule has 22 heavy (non-hydrogen) atoms. The molecule has 0 amide bonds. The summed E-state index contributed by atoms with van der Waals surface area (Å²) < 4.78 is 13.2. The fourth-order valence-corrected chi connectivity index (χ4v) is 3.96. The molecular formula is C17H19FN2OS. The van der Waals surface area contributed by atoms with Crippen LogP contribution < -0.4 is 5.32 Å². The Morgan fingerprint density at radius 2 is 1.86 bits per heavy atom. The van der Waals surface area contributed by atoms with Gasteiger partial charge in [0, 0.05) is 24.7 Å². The van der Waals surface area contributed by atoms with Crippen LogP contribution in [0.3, 0.4) is 0 Å². The molecule has 0 bridgehead atoms. The lowest BCUT2D eigenvalue weighted by Gasteiger charge is -2.27. The first-order chi connectivity index (χ1) is 10.7. The summed E-state index contributed by atoms with van der Waals surface area (Å²) in [5.41, 5.74) is 1.37. The van der Waals surface area contributed by atoms with Crippen molar-refractivity contribution in [2.45, 2.75) is 18.1 Å². The maximum Gasteiger partial charge on any atom is 0.123 e. The molecule has 1 fully saturated rings. The third-order valence-electron chi connectivity index (χ3n) is 3.96. The number of aliphatic hydroxyl groups is 1. The van der Waals surface area contributed by atoms with E-state index in [0.717, 1.165) is 29.1 Å². The van der Waals surface area contributed by atoms with Crippen LogP contribution in [-0.4, -0.2) is 33.7 Å². The van der Waals surface area contributed by atoms with E-state index < -0.39 is 5.60 Å². The van der Waals surface area contributed by atoms with E-state index in [1.807, 2.05) is 12.1 Å². The van der Waals surface area contributed by atoms with E-state index in [2.05, 4.69) is 10.3 Å². The molecule has 0 spiro atoms. The van der Waals surface area contributed by atoms with E-state index in [0.29, 0.717) is 6.54 Å². The third-order valence-corrected chi connectivity index (χ3v) is 5.19. The van der Waals surface area contributed by atoms with Gasteiger partial charge in [0.1, 0.15) is 5.82 Å². The van der Waals surface area contributed by atoms with E-state index in [9.17, 15) is 9.50 Å². The summed E-state index contributed by atoms with van der Waals surface area (Å²) in [7, 11) is 0. The minimum atomic E-state index is -0.657. The van der Waals surface area contributed by atoms with Crippen molar-refractivity contribution in [3.05, 3.63) is 65.7 Å². The number of nitrogens with zero attached hydrogens (tertiary/aromatic N) is 1. The van der Waals surface area contributed by atoms with Gasteiger partial charge < -0.3 is 10.4 Å². The Balaban J connectivity index is 1.81. The molecule has 0 unspecified atom stereocenters. The molecule has 0 aliphatic carbocycles. The van der Waals surface area contributed by atoms with Crippen LogP contribution in [0.4, 0.5) is 4.39 Å². The van der Waals surface area contributed by atoms with E-state index >= 15 is 0 Å². The van der Waals surface area contributed by atoms with Crippen molar-refractivity contribution in [1.82, 2.24) is 10.3 Å². The molecule has 2 aromatic rings. The molecule has 2 N–H and O–H groups in total. The van der Waals surface area contributed by atoms with Gasteiger partial charge in [-0.15, -0.1) is 0 Å². The second-order valence-corrected chi connectivity index (χ2v) is 6.78. The lowest BCUT2D eigenvalue weighted by Crippen LogP contribution is -2.42. The molecule has 1 aliphatic heterocycles. The fraction of sp³-hybridized carbons (Fsp3) is 0.353. The zero-order valence-electron chi connectivity index (χ0n) is 12.2. The molecular weight excluding hydrogens is 299 g/mol. The summed E-state index contributed by atoms with van der Waals surface area (Å²) in [6.45, 7) is 0.518. The lowest BCUT2D eigenvalue weighted by molar-refractivity contribution is 0.0658. The summed E-state index contributed by atoms with van der Waals surface area (Å²) in [5, 5.41) is 14.0. The minimum Gasteiger partial charge on any atom is -0.388 e. The van der Waals surface area contributed by atoms with Crippen LogP contribution >= 0.6 is 11.8 Å². The van der Waals surface area contributed by atoms with E-state index in [-0.39, 0.29) is 11.9 Å². The van der Waals surface area contributed by atoms with Gasteiger partial charge in [-0.2, -0.15) is 11.8 Å². The zero-order valence-corrected chi connectivity index (χ0v) is 13.0. The SMILES string of the molecule is O[C@@]1(CN[C@H](c2ccncc2)c2ccc(F)cc2)CCSC1. The number of rotatable bonds is 5. The number of hydrogen-bond acceptors (Lipinski definition) is 4. The van der Waals surface area contributed by atoms with Crippen molar-refractivity contribution in [2.24, 2.45) is 0 Å². The summed E-state index contributed by atoms with van der Waals surface area (Å²) in [5.74, 6) is 1.50. The molecule has 5 heteroatoms. The smallest absolute Gasteiger partial charge is 0.123 e. The number of aromatic nitrogens is 1. The van der Waals surface area contributed by atoms with Crippen molar-refractivity contribution < 1.29 is 9.50 Å². The van der Waals surface area contributed by atoms with Gasteiger partial charge in [0.2, 0.25) is 0 Å². The van der Waals surface area contributed by atoms with Gasteiger partial charge in [-0.25, -0.2) is 4.39 Å². The molecule has 116 valence electrons. The average molecular weight is 318 g/mol. The van der Waals surface area contributed by atoms with E-state index in [1.165, 1.54) is 12.1 Å². The van der Waals surface area contributed by atoms with Crippen molar-refractivity contribution in [3.63, 3.8) is 0 Å². The van der Waals surface area contributed by atoms with Crippen LogP contribution in [-0.2, 0) is 0 Å². The van der Waals surface area contributed by atoms with Gasteiger partial charge in [0.05, 0.1) is 11.6 Å². The highest BCUT2D eigenvalue weighted by molar-refractivity contribution is 7.99. The van der Waals surface area contributed by atoms with Crippen molar-refractivity contribution >= 4 is 11.8 Å². The number of thioether (sulfide) groups is 1. The van der Waals surface area contributed by atoms with Crippen LogP contribution in [0, 0.1) is 5.82 Å². The Hall–Kier alpha value is -1.43. The maximum atomic E-state index is 13.2. The number of pyridine rings is 1. The predicted octanol–water partition coefficient (Wildman–Crippen LogP) is 2.77. The number of halogens is 1. The highest BCUT2D eigenvalue weighted by Gasteiger charge is 2.32. The van der Waals surface area contributed by atoms with E-state index in [4.69, 9.17) is 0 Å². The molecule has 3 rings (SSSR count). The first-order valence-corrected chi connectivity index (χ1v) is 8.51. The molecule has 1 aromatic carbocycles. The van der Waals surface area contributed by atoms with Crippen LogP contribution in [0.1, 0.15) is 23.6 Å². The average Bonchev–Trinajstić information content (AvgIpc) is 2.97. The van der Waals surface area contributed by atoms with Crippen molar-refractivity contribution in [3.8, 4) is 0 Å². The molecule has 2 heterocycles. The van der Waals surface area contributed by atoms with Crippen LogP contribution in [0.5, 0.6) is 0 Å². The largest absolute Gasteiger partial charge is 0.388 e. The topological polar surface area (TPSA) is 45.1 Å². The number of benzene rings is 1. The number of hydrogen-bond donors (Lipinski definition) is 2. The Morgan fingerprint density at radius 3 is 2.50 bits per heavy atom. The Labute approximate surface area is 134 Å². The second-order valence-electron chi connectivity index (χ2n) is 5.67. The van der Waals surface area contributed by atoms with Crippen LogP contribution in [0.25, 0.3) is 0 Å².